The van der Waals surface area contributed by atoms with Gasteiger partial charge in [-0.1, -0.05) is 48.5 Å². The summed E-state index contributed by atoms with van der Waals surface area (Å²) in [7, 11) is 0. The van der Waals surface area contributed by atoms with Crippen molar-refractivity contribution in [3.8, 4) is 11.5 Å². The van der Waals surface area contributed by atoms with Crippen molar-refractivity contribution in [2.24, 2.45) is 0 Å². The van der Waals surface area contributed by atoms with Crippen LogP contribution in [0.15, 0.2) is 69.9 Å². The Morgan fingerprint density at radius 3 is 2.42 bits per heavy atom. The minimum absolute atomic E-state index is 0.163. The largest absolute Gasteiger partial charge is 0.437 e. The second kappa shape index (κ2) is 7.41. The van der Waals surface area contributed by atoms with Crippen molar-refractivity contribution in [2.45, 2.75) is 13.0 Å². The number of hydrogen-bond acceptors (Lipinski definition) is 4. The lowest BCUT2D eigenvalue weighted by atomic mass is 10.1. The molecule has 1 heterocycles. The van der Waals surface area contributed by atoms with E-state index in [0.717, 1.165) is 16.7 Å². The lowest BCUT2D eigenvalue weighted by Crippen LogP contribution is -2.32. The lowest BCUT2D eigenvalue weighted by Gasteiger charge is -2.04. The minimum Gasteiger partial charge on any atom is -0.388 e. The van der Waals surface area contributed by atoms with Crippen molar-refractivity contribution in [1.82, 2.24) is 15.1 Å². The van der Waals surface area contributed by atoms with Crippen LogP contribution in [0.2, 0.25) is 0 Å². The summed E-state index contributed by atoms with van der Waals surface area (Å²) in [6.07, 6.45) is 0.732. The Bertz CT molecular complexity index is 854. The fraction of sp³-hybridized carbons (Fsp3) is 0.167. The second-order valence-electron chi connectivity index (χ2n) is 5.28. The first-order valence-electron chi connectivity index (χ1n) is 7.66. The van der Waals surface area contributed by atoms with E-state index in [0.29, 0.717) is 12.1 Å². The highest BCUT2D eigenvalue weighted by Gasteiger charge is 2.12. The van der Waals surface area contributed by atoms with Gasteiger partial charge in [-0.15, -0.1) is 5.10 Å². The summed E-state index contributed by atoms with van der Waals surface area (Å²) < 4.78 is 6.12. The standard InChI is InChI=1S/C18H17N3O3/c22-16(19-12-11-14-7-3-1-4-8-14)13-21-18(23)24-17(20-21)15-9-5-2-6-10-15/h1-10H,11-13H2,(H,19,22). The molecule has 0 atom stereocenters. The molecule has 1 N–H and O–H groups in total. The zero-order chi connectivity index (χ0) is 16.8. The number of carbonyl (C=O) groups is 1. The Morgan fingerprint density at radius 2 is 1.71 bits per heavy atom. The Morgan fingerprint density at radius 1 is 1.04 bits per heavy atom. The monoisotopic (exact) mass is 323 g/mol. The second-order valence-corrected chi connectivity index (χ2v) is 5.28. The molecule has 3 aromatic rings. The zero-order valence-corrected chi connectivity index (χ0v) is 13.0. The number of carbonyl (C=O) groups excluding carboxylic acids is 1. The highest BCUT2D eigenvalue weighted by Crippen LogP contribution is 2.13. The molecule has 6 heteroatoms. The van der Waals surface area contributed by atoms with Gasteiger partial charge in [-0.2, -0.15) is 4.68 Å². The van der Waals surface area contributed by atoms with Crippen LogP contribution >= 0.6 is 0 Å². The van der Waals surface area contributed by atoms with Gasteiger partial charge in [0.05, 0.1) is 0 Å². The SMILES string of the molecule is O=C(Cn1nc(-c2ccccc2)oc1=O)NCCc1ccccc1. The number of nitrogens with one attached hydrogen (secondary N) is 1. The molecule has 3 rings (SSSR count). The molecule has 0 spiro atoms. The summed E-state index contributed by atoms with van der Waals surface area (Å²) in [5, 5.41) is 6.84. The number of rotatable bonds is 6. The predicted octanol–water partition coefficient (Wildman–Crippen LogP) is 1.86. The van der Waals surface area contributed by atoms with Gasteiger partial charge in [-0.3, -0.25) is 4.79 Å². The Hall–Kier alpha value is -3.15. The molecule has 0 radical (unpaired) electrons. The maximum absolute atomic E-state index is 11.9. The van der Waals surface area contributed by atoms with E-state index in [1.54, 1.807) is 12.1 Å². The molecule has 122 valence electrons. The molecule has 0 bridgehead atoms. The molecule has 0 aliphatic carbocycles. The van der Waals surface area contributed by atoms with Crippen molar-refractivity contribution in [2.75, 3.05) is 6.54 Å². The molecule has 0 aliphatic heterocycles. The van der Waals surface area contributed by atoms with E-state index in [9.17, 15) is 9.59 Å². The van der Waals surface area contributed by atoms with Gasteiger partial charge in [0.25, 0.3) is 0 Å². The topological polar surface area (TPSA) is 77.1 Å². The van der Waals surface area contributed by atoms with Crippen LogP contribution in [0.5, 0.6) is 0 Å². The van der Waals surface area contributed by atoms with Crippen molar-refractivity contribution in [1.29, 1.82) is 0 Å². The van der Waals surface area contributed by atoms with E-state index in [1.807, 2.05) is 48.5 Å². The number of nitrogens with zero attached hydrogens (tertiary/aromatic N) is 2. The van der Waals surface area contributed by atoms with Crippen LogP contribution in [0.4, 0.5) is 0 Å². The molecular weight excluding hydrogens is 306 g/mol. The molecule has 24 heavy (non-hydrogen) atoms. The minimum atomic E-state index is -0.646. The summed E-state index contributed by atoms with van der Waals surface area (Å²) in [4.78, 5) is 23.7. The van der Waals surface area contributed by atoms with Crippen LogP contribution in [0, 0.1) is 0 Å². The van der Waals surface area contributed by atoms with Crippen molar-refractivity contribution < 1.29 is 9.21 Å². The number of hydrogen-bond donors (Lipinski definition) is 1. The smallest absolute Gasteiger partial charge is 0.388 e. The van der Waals surface area contributed by atoms with E-state index in [-0.39, 0.29) is 18.3 Å². The molecule has 0 fully saturated rings. The van der Waals surface area contributed by atoms with Crippen LogP contribution < -0.4 is 11.1 Å². The average Bonchev–Trinajstić information content (AvgIpc) is 2.97. The summed E-state index contributed by atoms with van der Waals surface area (Å²) in [5.41, 5.74) is 1.83. The number of aromatic nitrogens is 2. The van der Waals surface area contributed by atoms with E-state index in [2.05, 4.69) is 10.4 Å². The van der Waals surface area contributed by atoms with E-state index >= 15 is 0 Å². The van der Waals surface area contributed by atoms with E-state index in [1.165, 1.54) is 0 Å². The van der Waals surface area contributed by atoms with Gasteiger partial charge in [-0.05, 0) is 24.1 Å². The maximum atomic E-state index is 11.9. The zero-order valence-electron chi connectivity index (χ0n) is 13.0. The first-order valence-corrected chi connectivity index (χ1v) is 7.66. The van der Waals surface area contributed by atoms with Gasteiger partial charge in [0.15, 0.2) is 0 Å². The lowest BCUT2D eigenvalue weighted by molar-refractivity contribution is -0.121. The predicted molar refractivity (Wildman–Crippen MR) is 89.4 cm³/mol. The third kappa shape index (κ3) is 3.98. The van der Waals surface area contributed by atoms with Gasteiger partial charge in [0.1, 0.15) is 6.54 Å². The number of amides is 1. The fourth-order valence-corrected chi connectivity index (χ4v) is 2.29. The molecule has 0 aliphatic rings. The Labute approximate surface area is 138 Å². The highest BCUT2D eigenvalue weighted by atomic mass is 16.4. The fourth-order valence-electron chi connectivity index (χ4n) is 2.29. The highest BCUT2D eigenvalue weighted by molar-refractivity contribution is 5.75. The van der Waals surface area contributed by atoms with Crippen molar-refractivity contribution in [3.05, 3.63) is 76.8 Å². The van der Waals surface area contributed by atoms with Gasteiger partial charge < -0.3 is 9.73 Å². The molecule has 0 saturated heterocycles. The summed E-state index contributed by atoms with van der Waals surface area (Å²) in [6, 6.07) is 18.9. The van der Waals surface area contributed by atoms with E-state index < -0.39 is 5.76 Å². The molecule has 1 aromatic heterocycles. The third-order valence-electron chi connectivity index (χ3n) is 3.50. The van der Waals surface area contributed by atoms with Crippen LogP contribution in [0.3, 0.4) is 0 Å². The number of benzene rings is 2. The van der Waals surface area contributed by atoms with Crippen LogP contribution in [-0.2, 0) is 17.8 Å². The first kappa shape index (κ1) is 15.7. The normalized spacial score (nSPS) is 10.5. The van der Waals surface area contributed by atoms with Gasteiger partial charge in [0.2, 0.25) is 11.8 Å². The van der Waals surface area contributed by atoms with Crippen molar-refractivity contribution in [3.63, 3.8) is 0 Å². The van der Waals surface area contributed by atoms with Crippen LogP contribution in [-0.4, -0.2) is 22.2 Å². The van der Waals surface area contributed by atoms with Gasteiger partial charge >= 0.3 is 5.76 Å². The molecular formula is C18H17N3O3. The van der Waals surface area contributed by atoms with Gasteiger partial charge in [-0.25, -0.2) is 4.79 Å². The molecule has 0 saturated carbocycles. The average molecular weight is 323 g/mol. The summed E-state index contributed by atoms with van der Waals surface area (Å²) in [5.74, 6) is -0.717. The summed E-state index contributed by atoms with van der Waals surface area (Å²) >= 11 is 0. The third-order valence-corrected chi connectivity index (χ3v) is 3.50. The summed E-state index contributed by atoms with van der Waals surface area (Å²) in [6.45, 7) is 0.338. The first-order chi connectivity index (χ1) is 11.7. The Kier molecular flexibility index (Phi) is 4.86. The van der Waals surface area contributed by atoms with Crippen LogP contribution in [0.25, 0.3) is 11.5 Å². The maximum Gasteiger partial charge on any atom is 0.437 e. The Balaban J connectivity index is 1.57. The molecule has 0 unspecified atom stereocenters. The quantitative estimate of drug-likeness (QED) is 0.751. The van der Waals surface area contributed by atoms with Gasteiger partial charge in [0, 0.05) is 12.1 Å². The van der Waals surface area contributed by atoms with Crippen LogP contribution in [0.1, 0.15) is 5.56 Å². The molecule has 1 amide bonds. The molecule has 2 aromatic carbocycles. The molecule has 6 nitrogen and oxygen atoms in total. The van der Waals surface area contributed by atoms with Crippen molar-refractivity contribution >= 4 is 5.91 Å². The van der Waals surface area contributed by atoms with E-state index in [4.69, 9.17) is 4.42 Å².